The first-order valence-electron chi connectivity index (χ1n) is 6.75. The SMILES string of the molecule is CCCCCCC(C)(OC(C)C)OC(C)C. The molecule has 0 atom stereocenters. The quantitative estimate of drug-likeness (QED) is 0.428. The molecule has 2 nitrogen and oxygen atoms in total. The van der Waals surface area contributed by atoms with Crippen molar-refractivity contribution in [3.63, 3.8) is 0 Å². The molecule has 0 fully saturated rings. The van der Waals surface area contributed by atoms with E-state index in [9.17, 15) is 0 Å². The Labute approximate surface area is 102 Å². The van der Waals surface area contributed by atoms with Crippen molar-refractivity contribution >= 4 is 0 Å². The van der Waals surface area contributed by atoms with Crippen molar-refractivity contribution in [2.75, 3.05) is 0 Å². The molecular formula is C14H30O2. The van der Waals surface area contributed by atoms with E-state index >= 15 is 0 Å². The van der Waals surface area contributed by atoms with Crippen LogP contribution in [0.25, 0.3) is 0 Å². The molecule has 0 amide bonds. The third kappa shape index (κ3) is 8.12. The van der Waals surface area contributed by atoms with Gasteiger partial charge in [-0.25, -0.2) is 0 Å². The van der Waals surface area contributed by atoms with E-state index in [1.165, 1.54) is 25.7 Å². The van der Waals surface area contributed by atoms with Crippen LogP contribution >= 0.6 is 0 Å². The molecule has 0 rings (SSSR count). The minimum Gasteiger partial charge on any atom is -0.348 e. The molecule has 0 aliphatic carbocycles. The maximum Gasteiger partial charge on any atom is 0.166 e. The smallest absolute Gasteiger partial charge is 0.166 e. The summed E-state index contributed by atoms with van der Waals surface area (Å²) < 4.78 is 11.8. The Balaban J connectivity index is 4.08. The van der Waals surface area contributed by atoms with Gasteiger partial charge in [0.05, 0.1) is 12.2 Å². The van der Waals surface area contributed by atoms with E-state index in [1.807, 2.05) is 0 Å². The fourth-order valence-electron chi connectivity index (χ4n) is 2.02. The number of unbranched alkanes of at least 4 members (excludes halogenated alkanes) is 3. The highest BCUT2D eigenvalue weighted by molar-refractivity contribution is 4.66. The van der Waals surface area contributed by atoms with Gasteiger partial charge in [0.1, 0.15) is 0 Å². The first-order valence-corrected chi connectivity index (χ1v) is 6.75. The molecule has 0 aliphatic heterocycles. The maximum atomic E-state index is 5.91. The Kier molecular flexibility index (Phi) is 8.04. The van der Waals surface area contributed by atoms with E-state index in [1.54, 1.807) is 0 Å². The summed E-state index contributed by atoms with van der Waals surface area (Å²) in [7, 11) is 0. The van der Waals surface area contributed by atoms with Crippen molar-refractivity contribution in [1.82, 2.24) is 0 Å². The first-order chi connectivity index (χ1) is 7.39. The van der Waals surface area contributed by atoms with E-state index in [0.717, 1.165) is 6.42 Å². The highest BCUT2D eigenvalue weighted by atomic mass is 16.7. The second-order valence-electron chi connectivity index (χ2n) is 5.28. The van der Waals surface area contributed by atoms with Crippen LogP contribution in [0.15, 0.2) is 0 Å². The number of ether oxygens (including phenoxy) is 2. The van der Waals surface area contributed by atoms with Gasteiger partial charge in [-0.15, -0.1) is 0 Å². The van der Waals surface area contributed by atoms with Gasteiger partial charge in [0.15, 0.2) is 5.79 Å². The molecule has 0 spiro atoms. The second kappa shape index (κ2) is 8.08. The Morgan fingerprint density at radius 3 is 1.75 bits per heavy atom. The molecule has 2 heteroatoms. The normalized spacial score (nSPS) is 12.8. The van der Waals surface area contributed by atoms with Gasteiger partial charge >= 0.3 is 0 Å². The summed E-state index contributed by atoms with van der Waals surface area (Å²) in [6, 6.07) is 0. The van der Waals surface area contributed by atoms with Gasteiger partial charge in [-0.05, 0) is 41.0 Å². The summed E-state index contributed by atoms with van der Waals surface area (Å²) >= 11 is 0. The lowest BCUT2D eigenvalue weighted by atomic mass is 10.1. The molecule has 0 saturated carbocycles. The molecule has 0 bridgehead atoms. The van der Waals surface area contributed by atoms with Crippen LogP contribution in [0.4, 0.5) is 0 Å². The van der Waals surface area contributed by atoms with Crippen molar-refractivity contribution in [2.24, 2.45) is 0 Å². The van der Waals surface area contributed by atoms with E-state index < -0.39 is 5.79 Å². The average molecular weight is 230 g/mol. The molecule has 16 heavy (non-hydrogen) atoms. The molecule has 0 radical (unpaired) electrons. The molecule has 0 aromatic heterocycles. The van der Waals surface area contributed by atoms with Crippen LogP contribution < -0.4 is 0 Å². The Morgan fingerprint density at radius 1 is 0.875 bits per heavy atom. The van der Waals surface area contributed by atoms with Crippen LogP contribution in [-0.2, 0) is 9.47 Å². The molecule has 0 heterocycles. The van der Waals surface area contributed by atoms with Crippen molar-refractivity contribution in [3.05, 3.63) is 0 Å². The largest absolute Gasteiger partial charge is 0.348 e. The van der Waals surface area contributed by atoms with Gasteiger partial charge in [0.25, 0.3) is 0 Å². The topological polar surface area (TPSA) is 18.5 Å². The van der Waals surface area contributed by atoms with Gasteiger partial charge < -0.3 is 9.47 Å². The van der Waals surface area contributed by atoms with E-state index in [0.29, 0.717) is 0 Å². The number of hydrogen-bond acceptors (Lipinski definition) is 2. The standard InChI is InChI=1S/C14H30O2/c1-7-8-9-10-11-14(6,15-12(2)3)16-13(4)5/h12-13H,7-11H2,1-6H3. The minimum atomic E-state index is -0.407. The zero-order chi connectivity index (χ0) is 12.6. The van der Waals surface area contributed by atoms with Crippen LogP contribution in [0.5, 0.6) is 0 Å². The highest BCUT2D eigenvalue weighted by Crippen LogP contribution is 2.24. The summed E-state index contributed by atoms with van der Waals surface area (Å²) in [6.45, 7) is 12.6. The minimum absolute atomic E-state index is 0.218. The van der Waals surface area contributed by atoms with Crippen LogP contribution in [0, 0.1) is 0 Å². The molecule has 98 valence electrons. The Morgan fingerprint density at radius 2 is 1.38 bits per heavy atom. The molecule has 0 unspecified atom stereocenters. The molecule has 0 aromatic rings. The molecule has 0 saturated heterocycles. The van der Waals surface area contributed by atoms with Gasteiger partial charge in [0, 0.05) is 6.42 Å². The van der Waals surface area contributed by atoms with Crippen molar-refractivity contribution in [1.29, 1.82) is 0 Å². The number of hydrogen-bond donors (Lipinski definition) is 0. The fourth-order valence-corrected chi connectivity index (χ4v) is 2.02. The summed E-state index contributed by atoms with van der Waals surface area (Å²) in [5, 5.41) is 0. The highest BCUT2D eigenvalue weighted by Gasteiger charge is 2.27. The second-order valence-corrected chi connectivity index (χ2v) is 5.28. The zero-order valence-electron chi connectivity index (χ0n) is 12.0. The first kappa shape index (κ1) is 15.9. The number of rotatable bonds is 9. The lowest BCUT2D eigenvalue weighted by molar-refractivity contribution is -0.261. The molecular weight excluding hydrogens is 200 g/mol. The van der Waals surface area contributed by atoms with Gasteiger partial charge in [-0.3, -0.25) is 0 Å². The summed E-state index contributed by atoms with van der Waals surface area (Å²) in [6.07, 6.45) is 6.46. The molecule has 0 aromatic carbocycles. The van der Waals surface area contributed by atoms with Crippen molar-refractivity contribution in [3.8, 4) is 0 Å². The third-order valence-electron chi connectivity index (χ3n) is 2.45. The van der Waals surface area contributed by atoms with Crippen molar-refractivity contribution < 1.29 is 9.47 Å². The van der Waals surface area contributed by atoms with Crippen LogP contribution in [-0.4, -0.2) is 18.0 Å². The van der Waals surface area contributed by atoms with Gasteiger partial charge in [0.2, 0.25) is 0 Å². The lowest BCUT2D eigenvalue weighted by Crippen LogP contribution is -2.37. The lowest BCUT2D eigenvalue weighted by Gasteiger charge is -2.34. The zero-order valence-corrected chi connectivity index (χ0v) is 12.0. The Bertz CT molecular complexity index is 154. The maximum absolute atomic E-state index is 5.91. The molecule has 0 aliphatic rings. The third-order valence-corrected chi connectivity index (χ3v) is 2.45. The summed E-state index contributed by atoms with van der Waals surface area (Å²) in [5.41, 5.74) is 0. The van der Waals surface area contributed by atoms with Crippen LogP contribution in [0.3, 0.4) is 0 Å². The van der Waals surface area contributed by atoms with Gasteiger partial charge in [-0.1, -0.05) is 26.2 Å². The van der Waals surface area contributed by atoms with E-state index in [4.69, 9.17) is 9.47 Å². The van der Waals surface area contributed by atoms with E-state index in [-0.39, 0.29) is 12.2 Å². The van der Waals surface area contributed by atoms with E-state index in [2.05, 4.69) is 41.5 Å². The van der Waals surface area contributed by atoms with Crippen molar-refractivity contribution in [2.45, 2.75) is 91.6 Å². The van der Waals surface area contributed by atoms with Crippen LogP contribution in [0.1, 0.15) is 73.6 Å². The predicted molar refractivity (Wildman–Crippen MR) is 69.6 cm³/mol. The molecule has 0 N–H and O–H groups in total. The van der Waals surface area contributed by atoms with Gasteiger partial charge in [-0.2, -0.15) is 0 Å². The Hall–Kier alpha value is -0.0800. The van der Waals surface area contributed by atoms with Crippen LogP contribution in [0.2, 0.25) is 0 Å². The predicted octanol–water partition coefficient (Wildman–Crippen LogP) is 4.52. The average Bonchev–Trinajstić information content (AvgIpc) is 2.09. The summed E-state index contributed by atoms with van der Waals surface area (Å²) in [5.74, 6) is -0.407. The monoisotopic (exact) mass is 230 g/mol. The fraction of sp³-hybridized carbons (Fsp3) is 1.00. The summed E-state index contributed by atoms with van der Waals surface area (Å²) in [4.78, 5) is 0.